The third kappa shape index (κ3) is 9.56. The normalized spacial score (nSPS) is 13.8. The molecule has 0 saturated carbocycles. The van der Waals surface area contributed by atoms with Gasteiger partial charge in [0.15, 0.2) is 6.61 Å². The fourth-order valence-electron chi connectivity index (χ4n) is 5.67. The van der Waals surface area contributed by atoms with Gasteiger partial charge in [-0.25, -0.2) is 9.37 Å². The molecule has 0 aliphatic carbocycles. The highest BCUT2D eigenvalue weighted by atomic mass is 35.5. The number of nitrogens with zero attached hydrogens (tertiary/aromatic N) is 4. The third-order valence-corrected chi connectivity index (χ3v) is 8.39. The molecular formula is C36H31ClF7N5O4. The SMILES string of the molecule is Cl.Cn1c(C(=O)N2CCN(Cc3ccc(OCC(F)(F)F)cc3)CC2)cc2ccc(Oc3ccc(NC(=O)c4ccc(C(F)(F)F)cc4F)cn3)cc21. The van der Waals surface area contributed by atoms with Crippen molar-refractivity contribution in [2.24, 2.45) is 7.05 Å². The Bertz CT molecular complexity index is 2080. The predicted octanol–water partition coefficient (Wildman–Crippen LogP) is 8.10. The van der Waals surface area contributed by atoms with Crippen molar-refractivity contribution in [1.29, 1.82) is 0 Å². The number of nitrogens with one attached hydrogen (secondary N) is 1. The molecule has 2 amide bonds. The summed E-state index contributed by atoms with van der Waals surface area (Å²) in [6, 6.07) is 18.0. The number of fused-ring (bicyclic) bond motifs is 1. The van der Waals surface area contributed by atoms with E-state index in [2.05, 4.69) is 15.2 Å². The van der Waals surface area contributed by atoms with Crippen LogP contribution < -0.4 is 14.8 Å². The summed E-state index contributed by atoms with van der Waals surface area (Å²) in [5.41, 5.74) is 0.512. The molecule has 2 aromatic heterocycles. The van der Waals surface area contributed by atoms with Gasteiger partial charge >= 0.3 is 12.4 Å². The smallest absolute Gasteiger partial charge is 0.422 e. The number of hydrogen-bond acceptors (Lipinski definition) is 6. The number of amides is 2. The molecular weight excluding hydrogens is 735 g/mol. The summed E-state index contributed by atoms with van der Waals surface area (Å²) in [6.07, 6.45) is -7.90. The highest BCUT2D eigenvalue weighted by Crippen LogP contribution is 2.31. The Kier molecular flexibility index (Phi) is 11.5. The number of carbonyl (C=O) groups is 2. The number of aromatic nitrogens is 2. The molecule has 5 aromatic rings. The molecule has 17 heteroatoms. The van der Waals surface area contributed by atoms with Crippen LogP contribution in [0.1, 0.15) is 32.0 Å². The molecule has 0 unspecified atom stereocenters. The highest BCUT2D eigenvalue weighted by Gasteiger charge is 2.32. The van der Waals surface area contributed by atoms with Gasteiger partial charge in [-0.05, 0) is 60.2 Å². The molecule has 0 atom stereocenters. The molecule has 53 heavy (non-hydrogen) atoms. The van der Waals surface area contributed by atoms with Crippen LogP contribution in [0.15, 0.2) is 85.1 Å². The molecule has 0 radical (unpaired) electrons. The predicted molar refractivity (Wildman–Crippen MR) is 183 cm³/mol. The summed E-state index contributed by atoms with van der Waals surface area (Å²) in [4.78, 5) is 34.1. The minimum absolute atomic E-state index is 0. The summed E-state index contributed by atoms with van der Waals surface area (Å²) in [5.74, 6) is -1.69. The third-order valence-electron chi connectivity index (χ3n) is 8.39. The van der Waals surface area contributed by atoms with E-state index in [1.54, 1.807) is 52.9 Å². The molecule has 6 rings (SSSR count). The van der Waals surface area contributed by atoms with E-state index in [1.165, 1.54) is 30.5 Å². The summed E-state index contributed by atoms with van der Waals surface area (Å²) >= 11 is 0. The Morgan fingerprint density at radius 3 is 2.17 bits per heavy atom. The first kappa shape index (κ1) is 38.9. The number of anilines is 1. The van der Waals surface area contributed by atoms with Gasteiger partial charge in [-0.2, -0.15) is 26.3 Å². The maximum absolute atomic E-state index is 14.2. The number of pyridine rings is 1. The Morgan fingerprint density at radius 1 is 0.849 bits per heavy atom. The number of piperazine rings is 1. The minimum Gasteiger partial charge on any atom is -0.484 e. The first-order valence-electron chi connectivity index (χ1n) is 15.8. The van der Waals surface area contributed by atoms with Crippen LogP contribution in [0, 0.1) is 5.82 Å². The quantitative estimate of drug-likeness (QED) is 0.153. The lowest BCUT2D eigenvalue weighted by atomic mass is 10.1. The topological polar surface area (TPSA) is 88.9 Å². The van der Waals surface area contributed by atoms with Gasteiger partial charge in [0, 0.05) is 57.3 Å². The lowest BCUT2D eigenvalue weighted by Gasteiger charge is -2.34. The number of aryl methyl sites for hydroxylation is 1. The zero-order valence-corrected chi connectivity index (χ0v) is 28.6. The molecule has 3 aromatic carbocycles. The van der Waals surface area contributed by atoms with Crippen LogP contribution in [0.4, 0.5) is 36.4 Å². The summed E-state index contributed by atoms with van der Waals surface area (Å²) in [7, 11) is 1.77. The van der Waals surface area contributed by atoms with Crippen LogP contribution in [0.25, 0.3) is 10.9 Å². The Labute approximate surface area is 304 Å². The van der Waals surface area contributed by atoms with Crippen LogP contribution in [-0.2, 0) is 19.8 Å². The molecule has 0 spiro atoms. The number of alkyl halides is 6. The average molecular weight is 766 g/mol. The van der Waals surface area contributed by atoms with Crippen LogP contribution >= 0.6 is 12.4 Å². The molecule has 1 saturated heterocycles. The Morgan fingerprint density at radius 2 is 1.55 bits per heavy atom. The molecule has 1 aliphatic heterocycles. The van der Waals surface area contributed by atoms with Crippen LogP contribution in [0.5, 0.6) is 17.4 Å². The van der Waals surface area contributed by atoms with Gasteiger partial charge in [-0.15, -0.1) is 12.4 Å². The zero-order chi connectivity index (χ0) is 37.2. The first-order chi connectivity index (χ1) is 24.6. The van der Waals surface area contributed by atoms with E-state index in [0.29, 0.717) is 50.2 Å². The van der Waals surface area contributed by atoms with E-state index in [1.807, 2.05) is 0 Å². The van der Waals surface area contributed by atoms with Crippen molar-refractivity contribution in [3.05, 3.63) is 113 Å². The largest absolute Gasteiger partial charge is 0.484 e. The monoisotopic (exact) mass is 765 g/mol. The van der Waals surface area contributed by atoms with Crippen molar-refractivity contribution in [1.82, 2.24) is 19.4 Å². The van der Waals surface area contributed by atoms with Gasteiger partial charge in [0.1, 0.15) is 23.0 Å². The van der Waals surface area contributed by atoms with Gasteiger partial charge in [-0.3, -0.25) is 14.5 Å². The number of ether oxygens (including phenoxy) is 2. The second-order valence-corrected chi connectivity index (χ2v) is 12.1. The number of benzene rings is 3. The molecule has 1 N–H and O–H groups in total. The minimum atomic E-state index is -4.75. The van der Waals surface area contributed by atoms with Gasteiger partial charge < -0.3 is 24.3 Å². The van der Waals surface area contributed by atoms with E-state index in [9.17, 15) is 40.3 Å². The summed E-state index contributed by atoms with van der Waals surface area (Å²) in [6.45, 7) is 1.43. The molecule has 0 bridgehead atoms. The molecule has 3 heterocycles. The van der Waals surface area contributed by atoms with Crippen LogP contribution in [0.2, 0.25) is 0 Å². The lowest BCUT2D eigenvalue weighted by Crippen LogP contribution is -2.48. The fraction of sp³-hybridized carbons (Fsp3) is 0.250. The number of halogens is 8. The van der Waals surface area contributed by atoms with E-state index < -0.39 is 41.8 Å². The maximum Gasteiger partial charge on any atom is 0.422 e. The van der Waals surface area contributed by atoms with E-state index >= 15 is 0 Å². The van der Waals surface area contributed by atoms with Crippen molar-refractivity contribution in [3.63, 3.8) is 0 Å². The summed E-state index contributed by atoms with van der Waals surface area (Å²) < 4.78 is 102. The lowest BCUT2D eigenvalue weighted by molar-refractivity contribution is -0.153. The highest BCUT2D eigenvalue weighted by molar-refractivity contribution is 6.04. The van der Waals surface area contributed by atoms with Gasteiger partial charge in [0.2, 0.25) is 5.88 Å². The van der Waals surface area contributed by atoms with Crippen molar-refractivity contribution < 1.29 is 49.8 Å². The fourth-order valence-corrected chi connectivity index (χ4v) is 5.67. The van der Waals surface area contributed by atoms with E-state index in [-0.39, 0.29) is 41.7 Å². The molecule has 280 valence electrons. The van der Waals surface area contributed by atoms with Crippen LogP contribution in [0.3, 0.4) is 0 Å². The first-order valence-corrected chi connectivity index (χ1v) is 15.8. The Hall–Kier alpha value is -5.35. The maximum atomic E-state index is 14.2. The van der Waals surface area contributed by atoms with E-state index in [0.717, 1.165) is 22.5 Å². The second-order valence-electron chi connectivity index (χ2n) is 12.1. The summed E-state index contributed by atoms with van der Waals surface area (Å²) in [5, 5.41) is 3.20. The van der Waals surface area contributed by atoms with Gasteiger partial charge in [-0.1, -0.05) is 12.1 Å². The number of hydrogen-bond donors (Lipinski definition) is 1. The van der Waals surface area contributed by atoms with Crippen molar-refractivity contribution in [3.8, 4) is 17.4 Å². The number of carbonyl (C=O) groups excluding carboxylic acids is 2. The molecule has 1 aliphatic rings. The van der Waals surface area contributed by atoms with Gasteiger partial charge in [0.25, 0.3) is 11.8 Å². The Balaban J connectivity index is 0.00000541. The molecule has 9 nitrogen and oxygen atoms in total. The van der Waals surface area contributed by atoms with Gasteiger partial charge in [0.05, 0.1) is 28.5 Å². The average Bonchev–Trinajstić information content (AvgIpc) is 3.43. The van der Waals surface area contributed by atoms with Crippen LogP contribution in [-0.4, -0.2) is 70.1 Å². The van der Waals surface area contributed by atoms with Crippen molar-refractivity contribution in [2.75, 3.05) is 38.1 Å². The zero-order valence-electron chi connectivity index (χ0n) is 27.8. The second kappa shape index (κ2) is 15.7. The standard InChI is InChI=1S/C36H30F7N5O4.ClH/c1-46-30-18-27(52-32-11-6-25(19-44-32)45-33(49)28-10-5-24(17-29(28)37)36(41,42)43)9-4-23(30)16-31(46)34(50)48-14-12-47(13-15-48)20-22-2-7-26(8-3-22)51-21-35(38,39)40;/h2-11,16-19H,12-15,20-21H2,1H3,(H,45,49);1H. The van der Waals surface area contributed by atoms with Crippen molar-refractivity contribution in [2.45, 2.75) is 18.9 Å². The van der Waals surface area contributed by atoms with E-state index in [4.69, 9.17) is 9.47 Å². The number of rotatable bonds is 9. The molecule has 1 fully saturated rings. The van der Waals surface area contributed by atoms with Crippen molar-refractivity contribution >= 4 is 40.8 Å².